The lowest BCUT2D eigenvalue weighted by molar-refractivity contribution is 0.182. The molecule has 4 rings (SSSR count). The van der Waals surface area contributed by atoms with Crippen LogP contribution < -0.4 is 10.9 Å². The van der Waals surface area contributed by atoms with Crippen LogP contribution in [0.1, 0.15) is 17.4 Å². The second-order valence-corrected chi connectivity index (χ2v) is 6.25. The lowest BCUT2D eigenvalue weighted by Crippen LogP contribution is -2.38. The predicted molar refractivity (Wildman–Crippen MR) is 94.4 cm³/mol. The van der Waals surface area contributed by atoms with E-state index >= 15 is 0 Å². The van der Waals surface area contributed by atoms with Crippen LogP contribution in [-0.4, -0.2) is 48.8 Å². The zero-order valence-corrected chi connectivity index (χ0v) is 14.5. The van der Waals surface area contributed by atoms with E-state index in [0.29, 0.717) is 25.0 Å². The van der Waals surface area contributed by atoms with Gasteiger partial charge in [0.2, 0.25) is 5.95 Å². The third kappa shape index (κ3) is 3.21. The Morgan fingerprint density at radius 1 is 1.19 bits per heavy atom. The highest BCUT2D eigenvalue weighted by Crippen LogP contribution is 2.21. The van der Waals surface area contributed by atoms with Crippen LogP contribution in [-0.2, 0) is 4.74 Å². The van der Waals surface area contributed by atoms with Crippen LogP contribution in [0, 0.1) is 13.8 Å². The summed E-state index contributed by atoms with van der Waals surface area (Å²) in [4.78, 5) is 21.2. The molecule has 0 aliphatic carbocycles. The number of aromatic nitrogens is 6. The number of anilines is 1. The highest BCUT2D eigenvalue weighted by atomic mass is 16.5. The van der Waals surface area contributed by atoms with Crippen molar-refractivity contribution in [3.8, 4) is 5.82 Å². The lowest BCUT2D eigenvalue weighted by Gasteiger charge is -2.20. The van der Waals surface area contributed by atoms with Crippen molar-refractivity contribution >= 4 is 5.95 Å². The molecule has 9 nitrogen and oxygen atoms in total. The molecule has 3 aromatic heterocycles. The van der Waals surface area contributed by atoms with Crippen LogP contribution in [0.2, 0.25) is 0 Å². The van der Waals surface area contributed by atoms with Crippen LogP contribution in [0.3, 0.4) is 0 Å². The van der Waals surface area contributed by atoms with Crippen molar-refractivity contribution in [1.29, 1.82) is 0 Å². The Bertz CT molecular complexity index is 947. The third-order valence-corrected chi connectivity index (χ3v) is 4.21. The van der Waals surface area contributed by atoms with Gasteiger partial charge in [-0.05, 0) is 32.0 Å². The second kappa shape index (κ2) is 6.68. The molecule has 0 amide bonds. The maximum absolute atomic E-state index is 12.4. The first-order valence-electron chi connectivity index (χ1n) is 8.36. The number of nitrogens with zero attached hydrogens (tertiary/aromatic N) is 6. The first-order valence-corrected chi connectivity index (χ1v) is 8.36. The standard InChI is InChI=1S/C17H19N7O2/c1-11-8-12(2)20-17(19-11)21-13-9-26-10-14(13)24-16(25)5-4-15(22-24)23-7-3-6-18-23/h3-8,13-14H,9-10H2,1-2H3,(H,19,20,21). The van der Waals surface area contributed by atoms with Gasteiger partial charge in [-0.2, -0.15) is 5.10 Å². The molecule has 26 heavy (non-hydrogen) atoms. The summed E-state index contributed by atoms with van der Waals surface area (Å²) < 4.78 is 8.66. The van der Waals surface area contributed by atoms with Crippen LogP contribution >= 0.6 is 0 Å². The monoisotopic (exact) mass is 353 g/mol. The summed E-state index contributed by atoms with van der Waals surface area (Å²) in [6, 6.07) is 6.44. The van der Waals surface area contributed by atoms with Gasteiger partial charge in [-0.3, -0.25) is 4.79 Å². The molecule has 4 heterocycles. The van der Waals surface area contributed by atoms with Crippen molar-refractivity contribution in [2.45, 2.75) is 25.9 Å². The second-order valence-electron chi connectivity index (χ2n) is 6.25. The molecular formula is C17H19N7O2. The molecule has 9 heteroatoms. The van der Waals surface area contributed by atoms with Gasteiger partial charge in [0.15, 0.2) is 5.82 Å². The number of hydrogen-bond donors (Lipinski definition) is 1. The Hall–Kier alpha value is -3.07. The fraction of sp³-hybridized carbons (Fsp3) is 0.353. The molecule has 1 fully saturated rings. The summed E-state index contributed by atoms with van der Waals surface area (Å²) in [5.74, 6) is 1.10. The Morgan fingerprint density at radius 2 is 2.00 bits per heavy atom. The molecule has 0 saturated carbocycles. The van der Waals surface area contributed by atoms with E-state index in [1.165, 1.54) is 10.7 Å². The van der Waals surface area contributed by atoms with E-state index in [0.717, 1.165) is 11.4 Å². The van der Waals surface area contributed by atoms with Gasteiger partial charge in [0, 0.05) is 29.8 Å². The van der Waals surface area contributed by atoms with E-state index in [1.807, 2.05) is 19.9 Å². The number of rotatable bonds is 4. The third-order valence-electron chi connectivity index (χ3n) is 4.21. The summed E-state index contributed by atoms with van der Waals surface area (Å²) in [5, 5.41) is 11.9. The molecule has 1 N–H and O–H groups in total. The van der Waals surface area contributed by atoms with E-state index in [-0.39, 0.29) is 17.6 Å². The van der Waals surface area contributed by atoms with Gasteiger partial charge in [0.05, 0.1) is 19.3 Å². The SMILES string of the molecule is Cc1cc(C)nc(NC2COCC2n2nc(-n3cccn3)ccc2=O)n1. The minimum Gasteiger partial charge on any atom is -0.377 e. The summed E-state index contributed by atoms with van der Waals surface area (Å²) >= 11 is 0. The van der Waals surface area contributed by atoms with Crippen LogP contribution in [0.4, 0.5) is 5.95 Å². The summed E-state index contributed by atoms with van der Waals surface area (Å²) in [5.41, 5.74) is 1.57. The highest BCUT2D eigenvalue weighted by molar-refractivity contribution is 5.30. The molecule has 1 aliphatic rings. The normalized spacial score (nSPS) is 19.6. The quantitative estimate of drug-likeness (QED) is 0.743. The Kier molecular flexibility index (Phi) is 4.21. The van der Waals surface area contributed by atoms with Crippen LogP contribution in [0.15, 0.2) is 41.5 Å². The van der Waals surface area contributed by atoms with Crippen LogP contribution in [0.25, 0.3) is 5.82 Å². The van der Waals surface area contributed by atoms with Gasteiger partial charge >= 0.3 is 0 Å². The molecule has 0 spiro atoms. The van der Waals surface area contributed by atoms with E-state index in [4.69, 9.17) is 4.74 Å². The number of hydrogen-bond acceptors (Lipinski definition) is 7. The first-order chi connectivity index (χ1) is 12.6. The van der Waals surface area contributed by atoms with Gasteiger partial charge in [-0.25, -0.2) is 19.3 Å². The molecule has 134 valence electrons. The molecule has 0 radical (unpaired) electrons. The Morgan fingerprint density at radius 3 is 2.73 bits per heavy atom. The Balaban J connectivity index is 1.64. The van der Waals surface area contributed by atoms with E-state index in [9.17, 15) is 4.79 Å². The minimum atomic E-state index is -0.262. The number of nitrogens with one attached hydrogen (secondary N) is 1. The molecule has 1 aliphatic heterocycles. The first kappa shape index (κ1) is 16.4. The van der Waals surface area contributed by atoms with Crippen molar-refractivity contribution in [3.63, 3.8) is 0 Å². The maximum Gasteiger partial charge on any atom is 0.267 e. The largest absolute Gasteiger partial charge is 0.377 e. The van der Waals surface area contributed by atoms with Gasteiger partial charge in [-0.15, -0.1) is 5.10 Å². The molecule has 0 bridgehead atoms. The fourth-order valence-electron chi connectivity index (χ4n) is 3.06. The zero-order valence-electron chi connectivity index (χ0n) is 14.5. The molecule has 3 aromatic rings. The van der Waals surface area contributed by atoms with Gasteiger partial charge in [0.25, 0.3) is 5.56 Å². The van der Waals surface area contributed by atoms with E-state index in [1.54, 1.807) is 29.2 Å². The summed E-state index contributed by atoms with van der Waals surface area (Å²) in [6.45, 7) is 4.67. The lowest BCUT2D eigenvalue weighted by atomic mass is 10.2. The maximum atomic E-state index is 12.4. The fourth-order valence-corrected chi connectivity index (χ4v) is 3.06. The van der Waals surface area contributed by atoms with E-state index in [2.05, 4.69) is 25.5 Å². The van der Waals surface area contributed by atoms with Gasteiger partial charge in [-0.1, -0.05) is 0 Å². The van der Waals surface area contributed by atoms with Crippen molar-refractivity contribution in [1.82, 2.24) is 29.5 Å². The zero-order chi connectivity index (χ0) is 18.1. The average Bonchev–Trinajstić information content (AvgIpc) is 3.26. The molecule has 0 aromatic carbocycles. The topological polar surface area (TPSA) is 99.8 Å². The smallest absolute Gasteiger partial charge is 0.267 e. The van der Waals surface area contributed by atoms with Crippen molar-refractivity contribution in [3.05, 3.63) is 58.4 Å². The van der Waals surface area contributed by atoms with Gasteiger partial charge < -0.3 is 10.1 Å². The average molecular weight is 353 g/mol. The summed E-state index contributed by atoms with van der Waals surface area (Å²) in [7, 11) is 0. The molecule has 1 saturated heterocycles. The van der Waals surface area contributed by atoms with Crippen molar-refractivity contribution < 1.29 is 4.74 Å². The van der Waals surface area contributed by atoms with Crippen molar-refractivity contribution in [2.24, 2.45) is 0 Å². The number of ether oxygens (including phenoxy) is 1. The molecule has 2 unspecified atom stereocenters. The highest BCUT2D eigenvalue weighted by Gasteiger charge is 2.32. The number of aryl methyl sites for hydroxylation is 2. The van der Waals surface area contributed by atoms with Crippen molar-refractivity contribution in [2.75, 3.05) is 18.5 Å². The van der Waals surface area contributed by atoms with Crippen LogP contribution in [0.5, 0.6) is 0 Å². The summed E-state index contributed by atoms with van der Waals surface area (Å²) in [6.07, 6.45) is 3.44. The van der Waals surface area contributed by atoms with Gasteiger partial charge in [0.1, 0.15) is 6.04 Å². The Labute approximate surface area is 149 Å². The van der Waals surface area contributed by atoms with E-state index < -0.39 is 0 Å². The predicted octanol–water partition coefficient (Wildman–Crippen LogP) is 0.888. The molecule has 2 atom stereocenters. The molecular weight excluding hydrogens is 334 g/mol. The minimum absolute atomic E-state index is 0.158.